The molecule has 2 aromatic carbocycles. The van der Waals surface area contributed by atoms with Crippen LogP contribution in [0, 0.1) is 11.3 Å². The molecule has 0 aromatic heterocycles. The van der Waals surface area contributed by atoms with Gasteiger partial charge >= 0.3 is 6.03 Å². The number of amides is 2. The Hall–Kier alpha value is -3.00. The van der Waals surface area contributed by atoms with Crippen molar-refractivity contribution in [3.63, 3.8) is 0 Å². The monoisotopic (exact) mass is 309 g/mol. The third-order valence-electron chi connectivity index (χ3n) is 3.13. The van der Waals surface area contributed by atoms with Crippen LogP contribution in [0.5, 0.6) is 5.75 Å². The number of hydrogen-bond donors (Lipinski definition) is 2. The number of carbonyl (C=O) groups excluding carboxylic acids is 1. The van der Waals surface area contributed by atoms with E-state index in [0.29, 0.717) is 23.5 Å². The van der Waals surface area contributed by atoms with Crippen LogP contribution in [0.25, 0.3) is 0 Å². The van der Waals surface area contributed by atoms with E-state index in [9.17, 15) is 4.79 Å². The van der Waals surface area contributed by atoms with Gasteiger partial charge < -0.3 is 15.4 Å². The summed E-state index contributed by atoms with van der Waals surface area (Å²) in [7, 11) is 0. The molecule has 5 heteroatoms. The fourth-order valence-corrected chi connectivity index (χ4v) is 1.93. The van der Waals surface area contributed by atoms with E-state index < -0.39 is 0 Å². The third kappa shape index (κ3) is 5.36. The minimum absolute atomic E-state index is 0.361. The molecule has 0 atom stereocenters. The Morgan fingerprint density at radius 1 is 1.13 bits per heavy atom. The lowest BCUT2D eigenvalue weighted by atomic mass is 10.2. The number of rotatable bonds is 6. The maximum atomic E-state index is 11.9. The van der Waals surface area contributed by atoms with E-state index in [2.05, 4.69) is 17.6 Å². The molecular formula is C18H19N3O2. The number of benzene rings is 2. The molecule has 0 heterocycles. The van der Waals surface area contributed by atoms with Crippen LogP contribution in [0.1, 0.15) is 25.3 Å². The minimum atomic E-state index is -0.361. The largest absolute Gasteiger partial charge is 0.494 e. The second-order valence-corrected chi connectivity index (χ2v) is 5.00. The number of anilines is 2. The Bertz CT molecular complexity index is 690. The minimum Gasteiger partial charge on any atom is -0.494 e. The molecule has 5 nitrogen and oxygen atoms in total. The van der Waals surface area contributed by atoms with Gasteiger partial charge in [0, 0.05) is 11.4 Å². The van der Waals surface area contributed by atoms with E-state index in [-0.39, 0.29) is 6.03 Å². The van der Waals surface area contributed by atoms with E-state index in [4.69, 9.17) is 10.00 Å². The van der Waals surface area contributed by atoms with Crippen LogP contribution < -0.4 is 15.4 Å². The van der Waals surface area contributed by atoms with Gasteiger partial charge in [-0.3, -0.25) is 0 Å². The number of ether oxygens (including phenoxy) is 1. The smallest absolute Gasteiger partial charge is 0.323 e. The zero-order valence-corrected chi connectivity index (χ0v) is 13.0. The molecule has 2 rings (SSSR count). The van der Waals surface area contributed by atoms with Gasteiger partial charge in [0.25, 0.3) is 0 Å². The number of unbranched alkanes of at least 4 members (excludes halogenated alkanes) is 1. The Labute approximate surface area is 135 Å². The summed E-state index contributed by atoms with van der Waals surface area (Å²) in [6.45, 7) is 2.81. The average Bonchev–Trinajstić information content (AvgIpc) is 2.57. The van der Waals surface area contributed by atoms with Crippen molar-refractivity contribution >= 4 is 17.4 Å². The van der Waals surface area contributed by atoms with Gasteiger partial charge in [0.15, 0.2) is 0 Å². The van der Waals surface area contributed by atoms with Gasteiger partial charge in [-0.2, -0.15) is 5.26 Å². The zero-order chi connectivity index (χ0) is 16.5. The third-order valence-corrected chi connectivity index (χ3v) is 3.13. The molecule has 0 aliphatic heterocycles. The Balaban J connectivity index is 1.88. The Morgan fingerprint density at radius 3 is 2.57 bits per heavy atom. The van der Waals surface area contributed by atoms with E-state index in [0.717, 1.165) is 18.6 Å². The van der Waals surface area contributed by atoms with E-state index >= 15 is 0 Å². The topological polar surface area (TPSA) is 74.2 Å². The normalized spacial score (nSPS) is 9.74. The van der Waals surface area contributed by atoms with Crippen LogP contribution >= 0.6 is 0 Å². The standard InChI is InChI=1S/C18H19N3O2/c1-2-3-11-23-17-9-7-15(8-10-17)20-18(22)21-16-6-4-5-14(12-16)13-19/h4-10,12H,2-3,11H2,1H3,(H2,20,21,22). The molecule has 0 unspecified atom stereocenters. The second-order valence-electron chi connectivity index (χ2n) is 5.00. The highest BCUT2D eigenvalue weighted by Gasteiger charge is 2.03. The molecule has 0 saturated carbocycles. The summed E-state index contributed by atoms with van der Waals surface area (Å²) in [4.78, 5) is 11.9. The predicted molar refractivity (Wildman–Crippen MR) is 90.6 cm³/mol. The lowest BCUT2D eigenvalue weighted by molar-refractivity contribution is 0.262. The number of carbonyl (C=O) groups is 1. The van der Waals surface area contributed by atoms with Crippen LogP contribution in [0.3, 0.4) is 0 Å². The Kier molecular flexibility index (Phi) is 6.01. The van der Waals surface area contributed by atoms with E-state index in [1.165, 1.54) is 0 Å². The highest BCUT2D eigenvalue weighted by atomic mass is 16.5. The number of hydrogen-bond acceptors (Lipinski definition) is 3. The van der Waals surface area contributed by atoms with Gasteiger partial charge in [0.1, 0.15) is 5.75 Å². The summed E-state index contributed by atoms with van der Waals surface area (Å²) < 4.78 is 5.57. The highest BCUT2D eigenvalue weighted by Crippen LogP contribution is 2.17. The lowest BCUT2D eigenvalue weighted by Gasteiger charge is -2.09. The first kappa shape index (κ1) is 16.4. The summed E-state index contributed by atoms with van der Waals surface area (Å²) in [5, 5.41) is 14.3. The second kappa shape index (κ2) is 8.44. The van der Waals surface area contributed by atoms with E-state index in [1.54, 1.807) is 36.4 Å². The van der Waals surface area contributed by atoms with Gasteiger partial charge in [-0.15, -0.1) is 0 Å². The predicted octanol–water partition coefficient (Wildman–Crippen LogP) is 4.38. The van der Waals surface area contributed by atoms with Crippen LogP contribution in [0.4, 0.5) is 16.2 Å². The number of nitriles is 1. The quantitative estimate of drug-likeness (QED) is 0.777. The fourth-order valence-electron chi connectivity index (χ4n) is 1.93. The van der Waals surface area contributed by atoms with Gasteiger partial charge in [-0.1, -0.05) is 19.4 Å². The molecule has 0 fully saturated rings. The van der Waals surface area contributed by atoms with Crippen LogP contribution in [0.15, 0.2) is 48.5 Å². The summed E-state index contributed by atoms with van der Waals surface area (Å²) in [5.74, 6) is 0.783. The zero-order valence-electron chi connectivity index (χ0n) is 13.0. The molecule has 0 aliphatic carbocycles. The molecule has 0 radical (unpaired) electrons. The summed E-state index contributed by atoms with van der Waals surface area (Å²) in [6.07, 6.45) is 2.11. The van der Waals surface area contributed by atoms with Crippen molar-refractivity contribution in [1.29, 1.82) is 5.26 Å². The van der Waals surface area contributed by atoms with Crippen molar-refractivity contribution in [2.45, 2.75) is 19.8 Å². The molecule has 2 aromatic rings. The fraction of sp³-hybridized carbons (Fsp3) is 0.222. The highest BCUT2D eigenvalue weighted by molar-refractivity contribution is 5.99. The molecule has 0 aliphatic rings. The molecule has 2 N–H and O–H groups in total. The van der Waals surface area contributed by atoms with Crippen LogP contribution in [-0.2, 0) is 0 Å². The molecule has 23 heavy (non-hydrogen) atoms. The first-order valence-corrected chi connectivity index (χ1v) is 7.52. The van der Waals surface area contributed by atoms with Gasteiger partial charge in [0.2, 0.25) is 0 Å². The number of nitrogens with zero attached hydrogens (tertiary/aromatic N) is 1. The average molecular weight is 309 g/mol. The summed E-state index contributed by atoms with van der Waals surface area (Å²) in [6, 6.07) is 15.6. The van der Waals surface area contributed by atoms with E-state index in [1.807, 2.05) is 18.2 Å². The molecule has 0 spiro atoms. The molecule has 0 saturated heterocycles. The SMILES string of the molecule is CCCCOc1ccc(NC(=O)Nc2cccc(C#N)c2)cc1. The molecular weight excluding hydrogens is 290 g/mol. The van der Waals surface area contributed by atoms with Gasteiger partial charge in [0.05, 0.1) is 18.2 Å². The number of nitrogens with one attached hydrogen (secondary N) is 2. The Morgan fingerprint density at radius 2 is 1.87 bits per heavy atom. The van der Waals surface area contributed by atoms with Crippen molar-refractivity contribution in [3.8, 4) is 11.8 Å². The number of urea groups is 1. The summed E-state index contributed by atoms with van der Waals surface area (Å²) >= 11 is 0. The van der Waals surface area contributed by atoms with Gasteiger partial charge in [-0.05, 0) is 48.9 Å². The van der Waals surface area contributed by atoms with Crippen molar-refractivity contribution < 1.29 is 9.53 Å². The van der Waals surface area contributed by atoms with Crippen LogP contribution in [-0.4, -0.2) is 12.6 Å². The first-order chi connectivity index (χ1) is 11.2. The maximum absolute atomic E-state index is 11.9. The van der Waals surface area contributed by atoms with Crippen LogP contribution in [0.2, 0.25) is 0 Å². The van der Waals surface area contributed by atoms with Crippen molar-refractivity contribution in [2.75, 3.05) is 17.2 Å². The van der Waals surface area contributed by atoms with Crippen molar-refractivity contribution in [3.05, 3.63) is 54.1 Å². The first-order valence-electron chi connectivity index (χ1n) is 7.52. The molecule has 2 amide bonds. The molecule has 118 valence electrons. The lowest BCUT2D eigenvalue weighted by Crippen LogP contribution is -2.19. The maximum Gasteiger partial charge on any atom is 0.323 e. The summed E-state index contributed by atoms with van der Waals surface area (Å²) in [5.41, 5.74) is 1.74. The molecule has 0 bridgehead atoms. The van der Waals surface area contributed by atoms with Crippen molar-refractivity contribution in [1.82, 2.24) is 0 Å². The van der Waals surface area contributed by atoms with Gasteiger partial charge in [-0.25, -0.2) is 4.79 Å². The van der Waals surface area contributed by atoms with Crippen molar-refractivity contribution in [2.24, 2.45) is 0 Å².